The van der Waals surface area contributed by atoms with Crippen molar-refractivity contribution < 1.29 is 18.8 Å². The fourth-order valence-electron chi connectivity index (χ4n) is 3.01. The number of hydrogen-bond acceptors (Lipinski definition) is 6. The first-order valence-corrected chi connectivity index (χ1v) is 9.10. The number of carbonyl (C=O) groups excluding carboxylic acids is 2. The van der Waals surface area contributed by atoms with E-state index in [0.29, 0.717) is 34.5 Å². The molecule has 1 atom stereocenters. The SMILES string of the molecule is COC(=O)C(Cc1ccccc1)NC(=O)c1cc(C(C)C)nc2onc(C)c12. The molecule has 0 bridgehead atoms. The Hall–Kier alpha value is -3.22. The van der Waals surface area contributed by atoms with E-state index in [1.807, 2.05) is 44.2 Å². The Bertz CT molecular complexity index is 996. The van der Waals surface area contributed by atoms with Crippen molar-refractivity contribution in [1.29, 1.82) is 0 Å². The minimum absolute atomic E-state index is 0.0991. The Balaban J connectivity index is 1.95. The van der Waals surface area contributed by atoms with Gasteiger partial charge in [-0.05, 0) is 24.5 Å². The lowest BCUT2D eigenvalue weighted by Crippen LogP contribution is -2.43. The van der Waals surface area contributed by atoms with Crippen LogP contribution in [0.3, 0.4) is 0 Å². The number of amides is 1. The van der Waals surface area contributed by atoms with Crippen LogP contribution in [0, 0.1) is 6.92 Å². The molecule has 7 heteroatoms. The molecule has 3 aromatic rings. The lowest BCUT2D eigenvalue weighted by atomic mass is 10.0. The average molecular weight is 381 g/mol. The first kappa shape index (κ1) is 19.5. The number of nitrogens with one attached hydrogen (secondary N) is 1. The number of aromatic nitrogens is 2. The molecule has 0 aliphatic heterocycles. The summed E-state index contributed by atoms with van der Waals surface area (Å²) in [4.78, 5) is 29.8. The molecule has 0 saturated heterocycles. The highest BCUT2D eigenvalue weighted by molar-refractivity contribution is 6.07. The largest absolute Gasteiger partial charge is 0.467 e. The number of benzene rings is 1. The Morgan fingerprint density at radius 2 is 1.93 bits per heavy atom. The molecule has 0 spiro atoms. The minimum atomic E-state index is -0.814. The summed E-state index contributed by atoms with van der Waals surface area (Å²) >= 11 is 0. The first-order valence-electron chi connectivity index (χ1n) is 9.10. The van der Waals surface area contributed by atoms with E-state index in [9.17, 15) is 9.59 Å². The molecule has 3 rings (SSSR count). The molecule has 1 amide bonds. The molecule has 0 aliphatic carbocycles. The van der Waals surface area contributed by atoms with E-state index in [1.165, 1.54) is 7.11 Å². The van der Waals surface area contributed by atoms with Gasteiger partial charge in [0.25, 0.3) is 11.6 Å². The van der Waals surface area contributed by atoms with Gasteiger partial charge >= 0.3 is 5.97 Å². The van der Waals surface area contributed by atoms with Gasteiger partial charge in [-0.25, -0.2) is 9.78 Å². The summed E-state index contributed by atoms with van der Waals surface area (Å²) in [5, 5.41) is 7.27. The van der Waals surface area contributed by atoms with Crippen molar-refractivity contribution in [1.82, 2.24) is 15.5 Å². The number of ether oxygens (including phenoxy) is 1. The lowest BCUT2D eigenvalue weighted by molar-refractivity contribution is -0.142. The zero-order valence-electron chi connectivity index (χ0n) is 16.4. The van der Waals surface area contributed by atoms with Crippen LogP contribution in [0.15, 0.2) is 40.9 Å². The number of methoxy groups -OCH3 is 1. The molecule has 2 aromatic heterocycles. The number of fused-ring (bicyclic) bond motifs is 1. The molecule has 2 heterocycles. The summed E-state index contributed by atoms with van der Waals surface area (Å²) in [7, 11) is 1.30. The molecule has 0 fully saturated rings. The Kier molecular flexibility index (Phi) is 5.73. The van der Waals surface area contributed by atoms with Gasteiger partial charge in [0.05, 0.1) is 23.8 Å². The third-order valence-corrected chi connectivity index (χ3v) is 4.55. The van der Waals surface area contributed by atoms with Crippen LogP contribution < -0.4 is 5.32 Å². The van der Waals surface area contributed by atoms with E-state index in [0.717, 1.165) is 5.56 Å². The predicted octanol–water partition coefficient (Wildman–Crippen LogP) is 3.17. The van der Waals surface area contributed by atoms with Gasteiger partial charge in [-0.15, -0.1) is 0 Å². The minimum Gasteiger partial charge on any atom is -0.467 e. The first-order chi connectivity index (χ1) is 13.4. The van der Waals surface area contributed by atoms with Crippen molar-refractivity contribution >= 4 is 23.0 Å². The predicted molar refractivity (Wildman–Crippen MR) is 104 cm³/mol. The van der Waals surface area contributed by atoms with Crippen LogP contribution in [0.4, 0.5) is 0 Å². The third-order valence-electron chi connectivity index (χ3n) is 4.55. The summed E-state index contributed by atoms with van der Waals surface area (Å²) in [6, 6.07) is 10.4. The van der Waals surface area contributed by atoms with Gasteiger partial charge in [0, 0.05) is 12.1 Å². The smallest absolute Gasteiger partial charge is 0.328 e. The normalized spacial score (nSPS) is 12.2. The molecule has 0 saturated carbocycles. The number of carbonyl (C=O) groups is 2. The van der Waals surface area contributed by atoms with E-state index in [1.54, 1.807) is 13.0 Å². The second-order valence-electron chi connectivity index (χ2n) is 6.94. The van der Waals surface area contributed by atoms with Crippen molar-refractivity contribution in [3.05, 3.63) is 58.9 Å². The number of esters is 1. The summed E-state index contributed by atoms with van der Waals surface area (Å²) in [5.74, 6) is -0.803. The summed E-state index contributed by atoms with van der Waals surface area (Å²) in [5.41, 5.74) is 2.90. The topological polar surface area (TPSA) is 94.3 Å². The Labute approximate surface area is 163 Å². The van der Waals surface area contributed by atoms with Gasteiger partial charge in [0.15, 0.2) is 0 Å². The summed E-state index contributed by atoms with van der Waals surface area (Å²) < 4.78 is 10.1. The number of nitrogens with zero attached hydrogens (tertiary/aromatic N) is 2. The van der Waals surface area contributed by atoms with E-state index < -0.39 is 17.9 Å². The van der Waals surface area contributed by atoms with Crippen LogP contribution >= 0.6 is 0 Å². The molecule has 1 aromatic carbocycles. The fourth-order valence-corrected chi connectivity index (χ4v) is 3.01. The zero-order chi connectivity index (χ0) is 20.3. The Morgan fingerprint density at radius 1 is 1.21 bits per heavy atom. The molecule has 28 heavy (non-hydrogen) atoms. The maximum Gasteiger partial charge on any atom is 0.328 e. The van der Waals surface area contributed by atoms with E-state index in [-0.39, 0.29) is 5.92 Å². The fraction of sp³-hybridized carbons (Fsp3) is 0.333. The van der Waals surface area contributed by atoms with Crippen molar-refractivity contribution in [2.45, 2.75) is 39.2 Å². The van der Waals surface area contributed by atoms with E-state index >= 15 is 0 Å². The van der Waals surface area contributed by atoms with Crippen molar-refractivity contribution in [2.24, 2.45) is 0 Å². The monoisotopic (exact) mass is 381 g/mol. The van der Waals surface area contributed by atoms with Crippen LogP contribution in [0.25, 0.3) is 11.1 Å². The molecule has 0 aliphatic rings. The van der Waals surface area contributed by atoms with Crippen LogP contribution in [0.2, 0.25) is 0 Å². The van der Waals surface area contributed by atoms with Crippen molar-refractivity contribution in [3.63, 3.8) is 0 Å². The molecular weight excluding hydrogens is 358 g/mol. The van der Waals surface area contributed by atoms with Crippen LogP contribution in [0.1, 0.15) is 47.1 Å². The zero-order valence-corrected chi connectivity index (χ0v) is 16.4. The van der Waals surface area contributed by atoms with Gasteiger partial charge in [-0.1, -0.05) is 49.3 Å². The van der Waals surface area contributed by atoms with E-state index in [2.05, 4.69) is 15.5 Å². The molecule has 0 radical (unpaired) electrons. The number of hydrogen-bond donors (Lipinski definition) is 1. The number of pyridine rings is 1. The van der Waals surface area contributed by atoms with Crippen LogP contribution in [0.5, 0.6) is 0 Å². The maximum absolute atomic E-state index is 13.1. The molecule has 1 unspecified atom stereocenters. The van der Waals surface area contributed by atoms with Crippen LogP contribution in [-0.2, 0) is 16.0 Å². The van der Waals surface area contributed by atoms with Crippen LogP contribution in [-0.4, -0.2) is 35.2 Å². The standard InChI is InChI=1S/C21H23N3O4/c1-12(2)16-11-15(18-13(3)24-28-20(18)23-16)19(25)22-17(21(26)27-4)10-14-8-6-5-7-9-14/h5-9,11-12,17H,10H2,1-4H3,(H,22,25). The van der Waals surface area contributed by atoms with Gasteiger partial charge in [0.1, 0.15) is 6.04 Å². The highest BCUT2D eigenvalue weighted by Crippen LogP contribution is 2.25. The molecular formula is C21H23N3O4. The van der Waals surface area contributed by atoms with Gasteiger partial charge in [-0.2, -0.15) is 0 Å². The van der Waals surface area contributed by atoms with Crippen molar-refractivity contribution in [3.8, 4) is 0 Å². The highest BCUT2D eigenvalue weighted by Gasteiger charge is 2.26. The molecule has 7 nitrogen and oxygen atoms in total. The third kappa shape index (κ3) is 4.03. The second-order valence-corrected chi connectivity index (χ2v) is 6.94. The van der Waals surface area contributed by atoms with Gasteiger partial charge in [-0.3, -0.25) is 4.79 Å². The average Bonchev–Trinajstić information content (AvgIpc) is 3.07. The molecule has 146 valence electrons. The summed E-state index contributed by atoms with van der Waals surface area (Å²) in [6.45, 7) is 5.71. The quantitative estimate of drug-likeness (QED) is 0.659. The maximum atomic E-state index is 13.1. The number of rotatable bonds is 6. The number of aryl methyl sites for hydroxylation is 1. The summed E-state index contributed by atoms with van der Waals surface area (Å²) in [6.07, 6.45) is 0.327. The Morgan fingerprint density at radius 3 is 2.57 bits per heavy atom. The van der Waals surface area contributed by atoms with E-state index in [4.69, 9.17) is 9.26 Å². The lowest BCUT2D eigenvalue weighted by Gasteiger charge is -2.17. The van der Waals surface area contributed by atoms with Gasteiger partial charge in [0.2, 0.25) is 0 Å². The van der Waals surface area contributed by atoms with Crippen molar-refractivity contribution in [2.75, 3.05) is 7.11 Å². The van der Waals surface area contributed by atoms with Gasteiger partial charge < -0.3 is 14.6 Å². The molecule has 1 N–H and O–H groups in total. The second kappa shape index (κ2) is 8.21. The highest BCUT2D eigenvalue weighted by atomic mass is 16.5.